The third-order valence-corrected chi connectivity index (χ3v) is 18.2. The monoisotopic (exact) mass is 1340 g/mol. The highest BCUT2D eigenvalue weighted by molar-refractivity contribution is 5.76. The van der Waals surface area contributed by atoms with Gasteiger partial charge in [0.05, 0.1) is 32.0 Å². The van der Waals surface area contributed by atoms with E-state index in [4.69, 9.17) is 18.9 Å². The van der Waals surface area contributed by atoms with Crippen molar-refractivity contribution in [3.63, 3.8) is 0 Å². The zero-order valence-electron chi connectivity index (χ0n) is 59.9. The van der Waals surface area contributed by atoms with E-state index < -0.39 is 86.8 Å². The number of carbonyl (C=O) groups excluding carboxylic acids is 1. The molecule has 0 saturated carbocycles. The maximum Gasteiger partial charge on any atom is 0.220 e. The van der Waals surface area contributed by atoms with Crippen molar-refractivity contribution in [3.8, 4) is 0 Å². The number of amides is 1. The number of ether oxygens (including phenoxy) is 4. The van der Waals surface area contributed by atoms with Gasteiger partial charge in [0.25, 0.3) is 0 Å². The van der Waals surface area contributed by atoms with Crippen LogP contribution in [0.15, 0.2) is 109 Å². The van der Waals surface area contributed by atoms with Crippen molar-refractivity contribution in [3.05, 3.63) is 109 Å². The van der Waals surface area contributed by atoms with Gasteiger partial charge in [-0.1, -0.05) is 316 Å². The lowest BCUT2D eigenvalue weighted by molar-refractivity contribution is -0.359. The average molecular weight is 1340 g/mol. The molecule has 1 amide bonds. The van der Waals surface area contributed by atoms with Gasteiger partial charge in [0.2, 0.25) is 5.91 Å². The summed E-state index contributed by atoms with van der Waals surface area (Å²) in [5.74, 6) is -0.250. The minimum atomic E-state index is -1.80. The van der Waals surface area contributed by atoms with Crippen molar-refractivity contribution in [2.45, 2.75) is 376 Å². The normalized spacial score (nSPS) is 23.0. The summed E-state index contributed by atoms with van der Waals surface area (Å²) in [7, 11) is 0. The van der Waals surface area contributed by atoms with Crippen LogP contribution in [-0.2, 0) is 23.7 Å². The zero-order chi connectivity index (χ0) is 68.7. The average Bonchev–Trinajstić information content (AvgIpc) is 0.927. The van der Waals surface area contributed by atoms with Gasteiger partial charge in [0.15, 0.2) is 12.6 Å². The largest absolute Gasteiger partial charge is 0.394 e. The van der Waals surface area contributed by atoms with E-state index in [1.165, 1.54) is 193 Å². The summed E-state index contributed by atoms with van der Waals surface area (Å²) < 4.78 is 22.9. The predicted octanol–water partition coefficient (Wildman–Crippen LogP) is 17.1. The molecular weight excluding hydrogens is 1190 g/mol. The minimum Gasteiger partial charge on any atom is -0.394 e. The van der Waals surface area contributed by atoms with Gasteiger partial charge in [0, 0.05) is 6.42 Å². The first-order valence-corrected chi connectivity index (χ1v) is 38.6. The highest BCUT2D eigenvalue weighted by atomic mass is 16.7. The van der Waals surface area contributed by atoms with Crippen LogP contribution in [-0.4, -0.2) is 140 Å². The number of allylic oxidation sites excluding steroid dienone is 17. The number of unbranched alkanes of at least 4 members (excludes halogenated alkanes) is 34. The summed E-state index contributed by atoms with van der Waals surface area (Å²) in [5.41, 5.74) is 0. The molecule has 2 aliphatic rings. The summed E-state index contributed by atoms with van der Waals surface area (Å²) in [6, 6.07) is -0.939. The van der Waals surface area contributed by atoms with Crippen LogP contribution in [0.5, 0.6) is 0 Å². The van der Waals surface area contributed by atoms with E-state index in [-0.39, 0.29) is 18.9 Å². The van der Waals surface area contributed by atoms with Crippen LogP contribution in [0.25, 0.3) is 0 Å². The molecule has 2 heterocycles. The van der Waals surface area contributed by atoms with Crippen LogP contribution in [0.1, 0.15) is 303 Å². The molecule has 0 aromatic rings. The molecule has 14 heteroatoms. The second-order valence-electron chi connectivity index (χ2n) is 26.7. The van der Waals surface area contributed by atoms with Crippen molar-refractivity contribution in [2.75, 3.05) is 19.8 Å². The summed E-state index contributed by atoms with van der Waals surface area (Å²) in [4.78, 5) is 13.4. The topological polar surface area (TPSA) is 228 Å². The van der Waals surface area contributed by atoms with E-state index in [1.807, 2.05) is 6.08 Å². The number of nitrogens with one attached hydrogen (secondary N) is 1. The Bertz CT molecular complexity index is 2010. The lowest BCUT2D eigenvalue weighted by Gasteiger charge is -2.46. The Morgan fingerprint density at radius 2 is 0.737 bits per heavy atom. The van der Waals surface area contributed by atoms with Crippen LogP contribution in [0, 0.1) is 0 Å². The predicted molar refractivity (Wildman–Crippen MR) is 392 cm³/mol. The minimum absolute atomic E-state index is 0.250. The highest BCUT2D eigenvalue weighted by Crippen LogP contribution is 2.30. The van der Waals surface area contributed by atoms with Crippen molar-refractivity contribution in [2.24, 2.45) is 0 Å². The second kappa shape index (κ2) is 64.1. The maximum absolute atomic E-state index is 13.4. The molecule has 12 atom stereocenters. The molecule has 14 nitrogen and oxygen atoms in total. The van der Waals surface area contributed by atoms with Crippen molar-refractivity contribution < 1.29 is 64.6 Å². The molecule has 2 rings (SSSR count). The fraction of sp³-hybridized carbons (Fsp3) is 0.765. The number of hydrogen-bond donors (Lipinski definition) is 9. The van der Waals surface area contributed by atoms with Crippen LogP contribution in [0.2, 0.25) is 0 Å². The first kappa shape index (κ1) is 87.7. The summed E-state index contributed by atoms with van der Waals surface area (Å²) >= 11 is 0. The van der Waals surface area contributed by atoms with Gasteiger partial charge in [-0.25, -0.2) is 0 Å². The second-order valence-corrected chi connectivity index (χ2v) is 26.7. The molecule has 0 aromatic heterocycles. The molecule has 12 unspecified atom stereocenters. The third-order valence-electron chi connectivity index (χ3n) is 18.2. The molecule has 2 saturated heterocycles. The van der Waals surface area contributed by atoms with E-state index in [0.29, 0.717) is 12.8 Å². The lowest BCUT2D eigenvalue weighted by atomic mass is 9.97. The SMILES string of the molecule is CC/C=C\C/C=C\C/C=C\C/C=C\C/C=C\C/C=C\C/C=C\CCCCCCCCCCCCCCCCCC(=O)NC(COC1OC(CO)C(OC2OC(CO)C(O)C(O)C2O)C(O)C1O)C(O)/C=C/CC/C=C/CCCCCCCCCCCCCCCCCCCC. The quantitative estimate of drug-likeness (QED) is 0.0204. The summed E-state index contributed by atoms with van der Waals surface area (Å²) in [5, 5.41) is 87.6. The van der Waals surface area contributed by atoms with Gasteiger partial charge in [-0.15, -0.1) is 0 Å². The standard InChI is InChI=1S/C81H141NO13/c1-3-5-7-9-11-13-15-17-19-21-23-25-27-29-30-31-32-33-34-35-36-37-38-39-40-41-43-45-47-49-51-53-55-57-59-61-63-65-73(86)82-69(68-92-80-78(91)76(89)79(72(67-84)94-80)95-81-77(90)75(88)74(87)71(66-83)93-81)70(85)64-62-60-58-56-54-52-50-48-46-44-42-28-26-24-22-20-18-16-14-12-10-8-6-4-2/h5,7,11,13,17,19,23,25,29-30,32-33,35-36,54,56,62,64,69-72,74-81,83-85,87-91H,3-4,6,8-10,12,14-16,18,20-22,24,26-28,31,34,37-53,55,57-61,63,65-68H2,1-2H3,(H,82,86)/b7-5-,13-11-,19-17-,25-23-,30-29-,33-32-,36-35-,56-54+,64-62+. The van der Waals surface area contributed by atoms with Crippen LogP contribution in [0.3, 0.4) is 0 Å². The lowest BCUT2D eigenvalue weighted by Crippen LogP contribution is -2.65. The molecule has 9 N–H and O–H groups in total. The Kier molecular flexibility index (Phi) is 59.2. The number of hydrogen-bond acceptors (Lipinski definition) is 13. The Hall–Kier alpha value is -3.35. The van der Waals surface area contributed by atoms with Crippen molar-refractivity contribution >= 4 is 5.91 Å². The molecule has 0 bridgehead atoms. The van der Waals surface area contributed by atoms with Gasteiger partial charge >= 0.3 is 0 Å². The van der Waals surface area contributed by atoms with Crippen LogP contribution >= 0.6 is 0 Å². The molecule has 548 valence electrons. The third kappa shape index (κ3) is 47.4. The molecule has 95 heavy (non-hydrogen) atoms. The zero-order valence-corrected chi connectivity index (χ0v) is 59.9. The Morgan fingerprint density at radius 1 is 0.389 bits per heavy atom. The molecule has 2 aliphatic heterocycles. The highest BCUT2D eigenvalue weighted by Gasteiger charge is 2.51. The van der Waals surface area contributed by atoms with Gasteiger partial charge in [-0.05, 0) is 89.9 Å². The molecule has 0 radical (unpaired) electrons. The first-order chi connectivity index (χ1) is 46.6. The van der Waals surface area contributed by atoms with Crippen LogP contribution in [0.4, 0.5) is 0 Å². The van der Waals surface area contributed by atoms with Crippen molar-refractivity contribution in [1.29, 1.82) is 0 Å². The van der Waals surface area contributed by atoms with Gasteiger partial charge in [0.1, 0.15) is 48.8 Å². The Labute approximate surface area is 578 Å². The fourth-order valence-electron chi connectivity index (χ4n) is 12.1. The van der Waals surface area contributed by atoms with Gasteiger partial charge < -0.3 is 65.1 Å². The van der Waals surface area contributed by atoms with Gasteiger partial charge in [-0.2, -0.15) is 0 Å². The fourth-order valence-corrected chi connectivity index (χ4v) is 12.1. The summed E-state index contributed by atoms with van der Waals surface area (Å²) in [6.07, 6.45) is 75.8. The molecule has 2 fully saturated rings. The molecule has 0 aromatic carbocycles. The van der Waals surface area contributed by atoms with E-state index >= 15 is 0 Å². The first-order valence-electron chi connectivity index (χ1n) is 38.6. The molecule has 0 aliphatic carbocycles. The summed E-state index contributed by atoms with van der Waals surface area (Å²) in [6.45, 7) is 2.70. The Balaban J connectivity index is 1.63. The Morgan fingerprint density at radius 3 is 1.16 bits per heavy atom. The smallest absolute Gasteiger partial charge is 0.220 e. The van der Waals surface area contributed by atoms with E-state index in [1.54, 1.807) is 6.08 Å². The molecular formula is C81H141NO13. The van der Waals surface area contributed by atoms with Crippen molar-refractivity contribution in [1.82, 2.24) is 5.32 Å². The molecule has 0 spiro atoms. The number of aliphatic hydroxyl groups excluding tert-OH is 8. The maximum atomic E-state index is 13.4. The van der Waals surface area contributed by atoms with Gasteiger partial charge in [-0.3, -0.25) is 4.79 Å². The number of carbonyl (C=O) groups is 1. The number of rotatable bonds is 63. The van der Waals surface area contributed by atoms with E-state index in [2.05, 4.69) is 116 Å². The number of aliphatic hydroxyl groups is 8. The van der Waals surface area contributed by atoms with Crippen LogP contribution < -0.4 is 5.32 Å². The van der Waals surface area contributed by atoms with E-state index in [0.717, 1.165) is 77.0 Å². The van der Waals surface area contributed by atoms with E-state index in [9.17, 15) is 45.6 Å².